The predicted octanol–water partition coefficient (Wildman–Crippen LogP) is 6.45. The van der Waals surface area contributed by atoms with Crippen LogP contribution in [0.15, 0.2) is 77.3 Å². The molecular weight excluding hydrogens is 676 g/mol. The van der Waals surface area contributed by atoms with Gasteiger partial charge in [-0.2, -0.15) is 0 Å². The lowest BCUT2D eigenvalue weighted by Gasteiger charge is -2.59. The molecule has 53 heavy (non-hydrogen) atoms. The van der Waals surface area contributed by atoms with E-state index in [2.05, 4.69) is 0 Å². The highest BCUT2D eigenvalue weighted by molar-refractivity contribution is 6.27. The van der Waals surface area contributed by atoms with Crippen LogP contribution in [0.2, 0.25) is 0 Å². The van der Waals surface area contributed by atoms with Gasteiger partial charge in [-0.25, -0.2) is 0 Å². The molecule has 4 aliphatic rings. The quantitative estimate of drug-likeness (QED) is 0.126. The Hall–Kier alpha value is -5.48. The number of allylic oxidation sites excluding steroid dienone is 2. The molecule has 0 radical (unpaired) electrons. The third-order valence-corrected chi connectivity index (χ3v) is 12.2. The van der Waals surface area contributed by atoms with Crippen molar-refractivity contribution in [1.82, 2.24) is 0 Å². The normalized spacial score (nSPS) is 26.8. The van der Waals surface area contributed by atoms with Crippen LogP contribution in [0.1, 0.15) is 101 Å². The summed E-state index contributed by atoms with van der Waals surface area (Å²) in [5.74, 6) is -8.51. The van der Waals surface area contributed by atoms with Crippen LogP contribution in [-0.2, 0) is 22.4 Å². The minimum absolute atomic E-state index is 0.00237. The van der Waals surface area contributed by atoms with E-state index in [1.54, 1.807) is 82.3 Å². The zero-order chi connectivity index (χ0) is 38.7. The van der Waals surface area contributed by atoms with Crippen LogP contribution < -0.4 is 0 Å². The van der Waals surface area contributed by atoms with Gasteiger partial charge in [0, 0.05) is 39.0 Å². The maximum atomic E-state index is 14.9. The molecule has 0 saturated heterocycles. The lowest BCUT2D eigenvalue weighted by molar-refractivity contribution is -0.171. The summed E-state index contributed by atoms with van der Waals surface area (Å²) in [6, 6.07) is 14.8. The summed E-state index contributed by atoms with van der Waals surface area (Å²) >= 11 is 0. The van der Waals surface area contributed by atoms with E-state index in [-0.39, 0.29) is 52.9 Å². The van der Waals surface area contributed by atoms with Crippen LogP contribution in [0.4, 0.5) is 0 Å². The molecule has 0 spiro atoms. The van der Waals surface area contributed by atoms with E-state index < -0.39 is 85.9 Å². The van der Waals surface area contributed by atoms with Crippen LogP contribution in [-0.4, -0.2) is 60.7 Å². The second kappa shape index (κ2) is 11.8. The van der Waals surface area contributed by atoms with Gasteiger partial charge in [0.1, 0.15) is 22.8 Å². The Morgan fingerprint density at radius 1 is 0.849 bits per heavy atom. The maximum Gasteiger partial charge on any atom is 0.209 e. The Bertz CT molecular complexity index is 2290. The second-order valence-electron chi connectivity index (χ2n) is 15.9. The summed E-state index contributed by atoms with van der Waals surface area (Å²) in [5.41, 5.74) is -4.52. The van der Waals surface area contributed by atoms with Crippen LogP contribution in [0.25, 0.3) is 11.1 Å². The summed E-state index contributed by atoms with van der Waals surface area (Å²) in [7, 11) is 0. The molecule has 10 nitrogen and oxygen atoms in total. The van der Waals surface area contributed by atoms with Gasteiger partial charge in [-0.3, -0.25) is 28.8 Å². The van der Waals surface area contributed by atoms with Crippen LogP contribution in [0.3, 0.4) is 0 Å². The van der Waals surface area contributed by atoms with Crippen molar-refractivity contribution in [2.75, 3.05) is 0 Å². The van der Waals surface area contributed by atoms with E-state index in [0.29, 0.717) is 22.3 Å². The Kier molecular flexibility index (Phi) is 7.97. The van der Waals surface area contributed by atoms with Gasteiger partial charge in [0.05, 0.1) is 11.5 Å². The van der Waals surface area contributed by atoms with E-state index in [0.717, 1.165) is 6.92 Å². The Morgan fingerprint density at radius 2 is 1.47 bits per heavy atom. The fourth-order valence-electron chi connectivity index (χ4n) is 9.99. The van der Waals surface area contributed by atoms with Gasteiger partial charge >= 0.3 is 0 Å². The van der Waals surface area contributed by atoms with Crippen molar-refractivity contribution >= 4 is 34.7 Å². The number of phenols is 1. The number of rotatable bonds is 6. The average molecular weight is 717 g/mol. The molecule has 0 heterocycles. The monoisotopic (exact) mass is 716 g/mol. The number of aliphatic hydroxyl groups is 3. The Labute approximate surface area is 305 Å². The lowest BCUT2D eigenvalue weighted by atomic mass is 9.44. The molecule has 0 aromatic heterocycles. The van der Waals surface area contributed by atoms with Crippen molar-refractivity contribution in [3.8, 4) is 16.9 Å². The molecule has 0 fully saturated rings. The molecule has 4 aliphatic carbocycles. The van der Waals surface area contributed by atoms with Gasteiger partial charge in [0.25, 0.3) is 0 Å². The molecule has 0 bridgehead atoms. The van der Waals surface area contributed by atoms with Crippen molar-refractivity contribution in [2.45, 2.75) is 66.4 Å². The van der Waals surface area contributed by atoms with Crippen molar-refractivity contribution in [2.24, 2.45) is 28.6 Å². The molecule has 0 saturated carbocycles. The highest BCUT2D eigenvalue weighted by Gasteiger charge is 2.71. The molecule has 10 heteroatoms. The van der Waals surface area contributed by atoms with E-state index in [9.17, 15) is 49.2 Å². The number of hydrogen-bond acceptors (Lipinski definition) is 10. The summed E-state index contributed by atoms with van der Waals surface area (Å²) in [6.07, 6.45) is -0.352. The Morgan fingerprint density at radius 3 is 2.04 bits per heavy atom. The number of benzene rings is 3. The number of carbonyl (C=O) groups excluding carboxylic acids is 6. The zero-order valence-electron chi connectivity index (χ0n) is 30.3. The summed E-state index contributed by atoms with van der Waals surface area (Å²) in [4.78, 5) is 81.2. The minimum atomic E-state index is -2.78. The van der Waals surface area contributed by atoms with Gasteiger partial charge in [-0.1, -0.05) is 70.2 Å². The predicted molar refractivity (Wildman–Crippen MR) is 193 cm³/mol. The first-order chi connectivity index (χ1) is 24.8. The molecular formula is C43H40O10. The molecule has 1 unspecified atom stereocenters. The van der Waals surface area contributed by atoms with Crippen molar-refractivity contribution in [3.63, 3.8) is 0 Å². The first kappa shape index (κ1) is 35.9. The third kappa shape index (κ3) is 4.74. The molecule has 3 aromatic carbocycles. The van der Waals surface area contributed by atoms with E-state index >= 15 is 0 Å². The van der Waals surface area contributed by atoms with Gasteiger partial charge in [-0.05, 0) is 73.4 Å². The fraction of sp³-hybridized carbons (Fsp3) is 0.349. The highest BCUT2D eigenvalue weighted by Crippen LogP contribution is 2.65. The van der Waals surface area contributed by atoms with Gasteiger partial charge in [0.15, 0.2) is 34.5 Å². The van der Waals surface area contributed by atoms with Crippen molar-refractivity contribution in [1.29, 1.82) is 0 Å². The first-order valence-corrected chi connectivity index (χ1v) is 17.7. The van der Waals surface area contributed by atoms with Gasteiger partial charge in [0.2, 0.25) is 5.78 Å². The number of hydrogen-bond donors (Lipinski definition) is 4. The number of Topliss-reactive ketones (excluding diaryl/α,β-unsaturated/α-hetero) is 6. The van der Waals surface area contributed by atoms with E-state index in [1.165, 1.54) is 6.92 Å². The van der Waals surface area contributed by atoms with Crippen molar-refractivity contribution in [3.05, 3.63) is 111 Å². The van der Waals surface area contributed by atoms with Crippen molar-refractivity contribution < 1.29 is 49.2 Å². The summed E-state index contributed by atoms with van der Waals surface area (Å²) in [6.45, 7) is 9.29. The maximum absolute atomic E-state index is 14.9. The van der Waals surface area contributed by atoms with Gasteiger partial charge < -0.3 is 20.4 Å². The number of carbonyl (C=O) groups is 6. The summed E-state index contributed by atoms with van der Waals surface area (Å²) < 4.78 is 0. The molecule has 3 aromatic rings. The molecule has 7 rings (SSSR count). The molecule has 0 aliphatic heterocycles. The number of phenolic OH excluding ortho intramolecular Hbond substituents is 1. The third-order valence-electron chi connectivity index (χ3n) is 12.2. The zero-order valence-corrected chi connectivity index (χ0v) is 30.3. The standard InChI is InChI=1S/C43H40O10/c1-19(2)32-37(49)30(21(4)45)39(51)43(53)40(52)33-38(50)31-29(17-41(33,5)18-42(32,43)6)27(23-11-9-10-22(14-23)20(3)44)15-24(34(31)46)16-28-35(47)25-12-7-8-13-26(25)36(28)48/h7-15,19,28,32,46,49,52-53H,16-18H2,1-6H3/t32?,41-,42-,43+/m1/s1. The number of aromatic hydroxyl groups is 1. The minimum Gasteiger partial charge on any atom is -0.511 e. The molecule has 0 amide bonds. The molecule has 4 atom stereocenters. The fourth-order valence-corrected chi connectivity index (χ4v) is 9.99. The smallest absolute Gasteiger partial charge is 0.209 e. The van der Waals surface area contributed by atoms with Crippen LogP contribution >= 0.6 is 0 Å². The lowest BCUT2D eigenvalue weighted by Crippen LogP contribution is -2.67. The topological polar surface area (TPSA) is 183 Å². The Balaban J connectivity index is 1.48. The van der Waals surface area contributed by atoms with Gasteiger partial charge in [-0.15, -0.1) is 0 Å². The van der Waals surface area contributed by atoms with Crippen LogP contribution in [0, 0.1) is 28.6 Å². The molecule has 272 valence electrons. The summed E-state index contributed by atoms with van der Waals surface area (Å²) in [5, 5.41) is 48.0. The SMILES string of the molecule is CC(=O)C1=C(O)C(C(C)C)[C@@]2(C)C[C@@]3(C)Cc4c(-c5cccc(C(C)=O)c5)cc(CC5C(=O)c6ccccc6C5=O)c(O)c4C(=O)C3=C(O)[C@@]2(O)C1=O. The number of ketones is 6. The van der Waals surface area contributed by atoms with Crippen LogP contribution in [0.5, 0.6) is 5.75 Å². The first-order valence-electron chi connectivity index (χ1n) is 17.7. The average Bonchev–Trinajstić information content (AvgIpc) is 3.31. The number of fused-ring (bicyclic) bond motifs is 4. The second-order valence-corrected chi connectivity index (χ2v) is 15.9. The van der Waals surface area contributed by atoms with E-state index in [1.807, 2.05) is 0 Å². The largest absolute Gasteiger partial charge is 0.511 e. The highest BCUT2D eigenvalue weighted by atomic mass is 16.3. The number of aliphatic hydroxyl groups excluding tert-OH is 2. The van der Waals surface area contributed by atoms with E-state index in [4.69, 9.17) is 0 Å². The molecule has 4 N–H and O–H groups in total.